The number of phenols is 1. The molecular weight excluding hydrogens is 648 g/mol. The maximum absolute atomic E-state index is 9.98. The van der Waals surface area contributed by atoms with Gasteiger partial charge in [-0.3, -0.25) is 0 Å². The molecule has 0 aliphatic carbocycles. The average molecular weight is 685 g/mol. The molecule has 9 aromatic rings. The Balaban J connectivity index is 0.000000273. The zero-order valence-corrected chi connectivity index (χ0v) is 29.6. The van der Waals surface area contributed by atoms with Crippen LogP contribution in [0, 0.1) is 0 Å². The quantitative estimate of drug-likeness (QED) is 0.173. The number of aromatic hydroxyl groups is 1. The van der Waals surface area contributed by atoms with Gasteiger partial charge in [0.25, 0.3) is 0 Å². The molecule has 0 amide bonds. The van der Waals surface area contributed by atoms with Gasteiger partial charge in [-0.15, -0.1) is 0 Å². The van der Waals surface area contributed by atoms with Crippen molar-refractivity contribution in [1.29, 1.82) is 0 Å². The van der Waals surface area contributed by atoms with Gasteiger partial charge in [0, 0.05) is 0 Å². The lowest BCUT2D eigenvalue weighted by Gasteiger charge is -2.20. The largest absolute Gasteiger partial charge is 0.508 e. The third-order valence-corrected chi connectivity index (χ3v) is 11.9. The highest BCUT2D eigenvalue weighted by Crippen LogP contribution is 2.37. The molecule has 52 heavy (non-hydrogen) atoms. The monoisotopic (exact) mass is 684 g/mol. The molecule has 9 rings (SSSR count). The van der Waals surface area contributed by atoms with Gasteiger partial charge in [-0.05, 0) is 90.9 Å². The minimum atomic E-state index is -0.801. The first-order chi connectivity index (χ1) is 25.7. The lowest BCUT2D eigenvalue weighted by Crippen LogP contribution is -2.20. The van der Waals surface area contributed by atoms with Crippen LogP contribution < -0.4 is 15.9 Å². The maximum atomic E-state index is 9.98. The van der Waals surface area contributed by atoms with E-state index >= 15 is 0 Å². The van der Waals surface area contributed by atoms with Crippen LogP contribution >= 0.6 is 7.92 Å². The third-order valence-electron chi connectivity index (χ3n) is 9.44. The Bertz CT molecular complexity index is 2370. The number of hydrogen-bond donors (Lipinski definition) is 1. The van der Waals surface area contributed by atoms with Gasteiger partial charge in [-0.2, -0.15) is 0 Å². The molecule has 0 aromatic heterocycles. The van der Waals surface area contributed by atoms with Crippen molar-refractivity contribution in [3.05, 3.63) is 218 Å². The summed E-state index contributed by atoms with van der Waals surface area (Å²) in [7, 11) is -0.801. The molecule has 0 radical (unpaired) electrons. The summed E-state index contributed by atoms with van der Waals surface area (Å²) in [5.74, 6) is 0.288. The van der Waals surface area contributed by atoms with Crippen molar-refractivity contribution in [2.45, 2.75) is 0 Å². The van der Waals surface area contributed by atoms with Crippen LogP contribution in [-0.2, 0) is 0 Å². The Morgan fingerprint density at radius 1 is 0.269 bits per heavy atom. The van der Waals surface area contributed by atoms with E-state index in [1.807, 2.05) is 12.1 Å². The van der Waals surface area contributed by atoms with Crippen LogP contribution in [0.5, 0.6) is 5.75 Å². The summed E-state index contributed by atoms with van der Waals surface area (Å²) in [6.45, 7) is 0. The first kappa shape index (κ1) is 32.9. The molecule has 0 aliphatic heterocycles. The molecule has 0 atom stereocenters. The normalized spacial score (nSPS) is 10.9. The summed E-state index contributed by atoms with van der Waals surface area (Å²) >= 11 is 0. The van der Waals surface area contributed by atoms with E-state index < -0.39 is 7.92 Å². The molecule has 9 aromatic carbocycles. The topological polar surface area (TPSA) is 20.2 Å². The SMILES string of the molecule is Oc1ccc(P(c2ccc(-c3cccc4ccccc34)cc2)c2ccc(-c3cccc4ccccc34)cc2)cc1.c1ccc(-c2ccccc2)cc1. The maximum Gasteiger partial charge on any atom is 0.115 e. The van der Waals surface area contributed by atoms with Crippen molar-refractivity contribution in [1.82, 2.24) is 0 Å². The fraction of sp³-hybridized carbons (Fsp3) is 0. The smallest absolute Gasteiger partial charge is 0.115 e. The summed E-state index contributed by atoms with van der Waals surface area (Å²) in [6, 6.07) is 76.6. The Labute approximate surface area is 306 Å². The van der Waals surface area contributed by atoms with E-state index in [-0.39, 0.29) is 5.75 Å². The molecule has 0 heterocycles. The van der Waals surface area contributed by atoms with Gasteiger partial charge in [-0.25, -0.2) is 0 Å². The van der Waals surface area contributed by atoms with Crippen molar-refractivity contribution in [3.63, 3.8) is 0 Å². The van der Waals surface area contributed by atoms with Crippen LogP contribution in [0.1, 0.15) is 0 Å². The van der Waals surface area contributed by atoms with Crippen LogP contribution in [0.2, 0.25) is 0 Å². The van der Waals surface area contributed by atoms with Gasteiger partial charge in [0.1, 0.15) is 5.75 Å². The Morgan fingerprint density at radius 2 is 0.615 bits per heavy atom. The zero-order chi connectivity index (χ0) is 35.1. The molecular formula is C50H37OP. The van der Waals surface area contributed by atoms with Crippen molar-refractivity contribution in [2.75, 3.05) is 0 Å². The molecule has 1 nitrogen and oxygen atoms in total. The highest BCUT2D eigenvalue weighted by atomic mass is 31.1. The number of benzene rings is 9. The summed E-state index contributed by atoms with van der Waals surface area (Å²) < 4.78 is 0. The summed E-state index contributed by atoms with van der Waals surface area (Å²) in [6.07, 6.45) is 0. The van der Waals surface area contributed by atoms with Gasteiger partial charge in [0.05, 0.1) is 0 Å². The number of hydrogen-bond acceptors (Lipinski definition) is 1. The van der Waals surface area contributed by atoms with Crippen molar-refractivity contribution >= 4 is 45.4 Å². The van der Waals surface area contributed by atoms with Crippen molar-refractivity contribution < 1.29 is 5.11 Å². The Morgan fingerprint density at radius 3 is 1.04 bits per heavy atom. The highest BCUT2D eigenvalue weighted by Gasteiger charge is 2.18. The number of fused-ring (bicyclic) bond motifs is 2. The molecule has 0 spiro atoms. The van der Waals surface area contributed by atoms with Crippen LogP contribution in [-0.4, -0.2) is 5.11 Å². The van der Waals surface area contributed by atoms with Gasteiger partial charge in [0.15, 0.2) is 0 Å². The average Bonchev–Trinajstić information content (AvgIpc) is 3.23. The molecule has 248 valence electrons. The predicted octanol–water partition coefficient (Wildman–Crippen LogP) is 12.1. The second-order valence-corrected chi connectivity index (χ2v) is 15.0. The third kappa shape index (κ3) is 7.14. The fourth-order valence-corrected chi connectivity index (χ4v) is 9.08. The molecule has 2 heteroatoms. The minimum absolute atomic E-state index is 0.288. The van der Waals surface area contributed by atoms with Gasteiger partial charge in [0.2, 0.25) is 0 Å². The van der Waals surface area contributed by atoms with E-state index in [0.717, 1.165) is 0 Å². The van der Waals surface area contributed by atoms with Crippen molar-refractivity contribution in [3.8, 4) is 39.1 Å². The molecule has 0 saturated heterocycles. The number of rotatable bonds is 6. The van der Waals surface area contributed by atoms with E-state index in [0.29, 0.717) is 0 Å². The Hall–Kier alpha value is -6.27. The van der Waals surface area contributed by atoms with E-state index in [1.54, 1.807) is 12.1 Å². The highest BCUT2D eigenvalue weighted by molar-refractivity contribution is 7.79. The first-order valence-electron chi connectivity index (χ1n) is 17.6. The van der Waals surface area contributed by atoms with Crippen LogP contribution in [0.25, 0.3) is 54.9 Å². The van der Waals surface area contributed by atoms with Gasteiger partial charge in [-0.1, -0.05) is 206 Å². The molecule has 0 aliphatic rings. The van der Waals surface area contributed by atoms with Crippen LogP contribution in [0.3, 0.4) is 0 Å². The first-order valence-corrected chi connectivity index (χ1v) is 18.9. The van der Waals surface area contributed by atoms with Crippen LogP contribution in [0.15, 0.2) is 218 Å². The minimum Gasteiger partial charge on any atom is -0.508 e. The molecule has 0 unspecified atom stereocenters. The molecule has 0 fully saturated rings. The summed E-state index contributed by atoms with van der Waals surface area (Å²) in [5, 5.41) is 18.8. The second kappa shape index (κ2) is 15.3. The standard InChI is InChI=1S/C38H27OP.C12H10/c39-31-19-25-34(26-20-31)40(32-21-15-29(16-22-32)37-13-5-9-27-7-1-3-11-35(27)37)33-23-17-30(18-24-33)38-14-6-10-28-8-2-4-12-36(28)38;1-3-7-11(8-4-1)12-9-5-2-6-10-12/h1-26,39H;1-10H. The van der Waals surface area contributed by atoms with E-state index in [2.05, 4.69) is 194 Å². The van der Waals surface area contributed by atoms with E-state index in [9.17, 15) is 5.11 Å². The van der Waals surface area contributed by atoms with Crippen molar-refractivity contribution in [2.24, 2.45) is 0 Å². The lowest BCUT2D eigenvalue weighted by molar-refractivity contribution is 0.475. The molecule has 0 bridgehead atoms. The fourth-order valence-electron chi connectivity index (χ4n) is 6.84. The van der Waals surface area contributed by atoms with Gasteiger partial charge < -0.3 is 5.11 Å². The zero-order valence-electron chi connectivity index (χ0n) is 28.7. The predicted molar refractivity (Wildman–Crippen MR) is 225 cm³/mol. The summed E-state index contributed by atoms with van der Waals surface area (Å²) in [4.78, 5) is 0. The second-order valence-electron chi connectivity index (χ2n) is 12.7. The van der Waals surface area contributed by atoms with Crippen LogP contribution in [0.4, 0.5) is 0 Å². The summed E-state index contributed by atoms with van der Waals surface area (Å²) in [5.41, 5.74) is 7.48. The number of phenolic OH excluding ortho intramolecular Hbond substituents is 1. The lowest BCUT2D eigenvalue weighted by atomic mass is 9.98. The molecule has 0 saturated carbocycles. The Kier molecular flexibility index (Phi) is 9.69. The van der Waals surface area contributed by atoms with E-state index in [1.165, 1.54) is 70.8 Å². The van der Waals surface area contributed by atoms with E-state index in [4.69, 9.17) is 0 Å². The van der Waals surface area contributed by atoms with Gasteiger partial charge >= 0.3 is 0 Å². The molecule has 1 N–H and O–H groups in total.